The van der Waals surface area contributed by atoms with Gasteiger partial charge in [-0.05, 0) is 30.2 Å². The molecule has 0 spiro atoms. The van der Waals surface area contributed by atoms with Crippen LogP contribution in [0.25, 0.3) is 10.2 Å². The van der Waals surface area contributed by atoms with Crippen molar-refractivity contribution in [1.29, 1.82) is 0 Å². The number of halogens is 1. The van der Waals surface area contributed by atoms with E-state index in [1.54, 1.807) is 6.07 Å². The molecule has 4 nitrogen and oxygen atoms in total. The number of aryl methyl sites for hydroxylation is 1. The Labute approximate surface area is 155 Å². The molecule has 1 aromatic heterocycles. The van der Waals surface area contributed by atoms with E-state index in [9.17, 15) is 9.18 Å². The number of hydrogen-bond acceptors (Lipinski definition) is 4. The van der Waals surface area contributed by atoms with E-state index in [2.05, 4.69) is 22.0 Å². The molecule has 0 radical (unpaired) electrons. The Kier molecular flexibility index (Phi) is 4.84. The first-order chi connectivity index (χ1) is 12.7. The maximum absolute atomic E-state index is 13.3. The number of rotatable bonds is 4. The molecule has 0 N–H and O–H groups in total. The van der Waals surface area contributed by atoms with Crippen molar-refractivity contribution in [2.75, 3.05) is 31.1 Å². The third-order valence-corrected chi connectivity index (χ3v) is 5.79. The second kappa shape index (κ2) is 7.41. The summed E-state index contributed by atoms with van der Waals surface area (Å²) in [4.78, 5) is 21.2. The van der Waals surface area contributed by atoms with Crippen LogP contribution < -0.4 is 4.90 Å². The molecule has 2 heterocycles. The number of anilines is 1. The maximum atomic E-state index is 13.3. The normalized spacial score (nSPS) is 14.8. The van der Waals surface area contributed by atoms with Crippen LogP contribution in [0.3, 0.4) is 0 Å². The summed E-state index contributed by atoms with van der Waals surface area (Å²) in [6.07, 6.45) is 1.33. The molecule has 6 heteroatoms. The summed E-state index contributed by atoms with van der Waals surface area (Å²) in [6, 6.07) is 14.8. The van der Waals surface area contributed by atoms with E-state index >= 15 is 0 Å². The highest BCUT2D eigenvalue weighted by Gasteiger charge is 2.23. The van der Waals surface area contributed by atoms with Gasteiger partial charge in [0, 0.05) is 32.6 Å². The predicted octanol–water partition coefficient (Wildman–Crippen LogP) is 3.72. The highest BCUT2D eigenvalue weighted by atomic mass is 32.1. The lowest BCUT2D eigenvalue weighted by Gasteiger charge is -2.34. The highest BCUT2D eigenvalue weighted by molar-refractivity contribution is 7.22. The van der Waals surface area contributed by atoms with Crippen LogP contribution in [-0.2, 0) is 11.2 Å². The van der Waals surface area contributed by atoms with Crippen LogP contribution in [0.1, 0.15) is 12.0 Å². The fraction of sp³-hybridized carbons (Fsp3) is 0.300. The van der Waals surface area contributed by atoms with Gasteiger partial charge in [-0.1, -0.05) is 41.7 Å². The Morgan fingerprint density at radius 1 is 1.08 bits per heavy atom. The van der Waals surface area contributed by atoms with Crippen molar-refractivity contribution in [1.82, 2.24) is 9.88 Å². The molecule has 0 saturated carbocycles. The van der Waals surface area contributed by atoms with Crippen molar-refractivity contribution in [3.63, 3.8) is 0 Å². The summed E-state index contributed by atoms with van der Waals surface area (Å²) in [6.45, 7) is 2.94. The van der Waals surface area contributed by atoms with Gasteiger partial charge in [0.15, 0.2) is 5.13 Å². The van der Waals surface area contributed by atoms with Crippen molar-refractivity contribution in [3.05, 3.63) is 59.9 Å². The van der Waals surface area contributed by atoms with E-state index in [4.69, 9.17) is 0 Å². The number of aromatic nitrogens is 1. The SMILES string of the molecule is O=C(CCc1ccccc1)N1CCN(c2nc3ccc(F)cc3s2)CC1. The zero-order chi connectivity index (χ0) is 17.9. The van der Waals surface area contributed by atoms with Crippen molar-refractivity contribution in [3.8, 4) is 0 Å². The Bertz CT molecular complexity index is 904. The molecular weight excluding hydrogens is 349 g/mol. The molecule has 1 aliphatic rings. The number of benzene rings is 2. The van der Waals surface area contributed by atoms with E-state index in [0.717, 1.165) is 34.9 Å². The minimum absolute atomic E-state index is 0.208. The number of thiazole rings is 1. The van der Waals surface area contributed by atoms with Gasteiger partial charge in [-0.25, -0.2) is 9.37 Å². The molecule has 1 amide bonds. The monoisotopic (exact) mass is 369 g/mol. The highest BCUT2D eigenvalue weighted by Crippen LogP contribution is 2.29. The van der Waals surface area contributed by atoms with Crippen LogP contribution in [0.4, 0.5) is 9.52 Å². The van der Waals surface area contributed by atoms with Gasteiger partial charge in [0.1, 0.15) is 5.82 Å². The molecule has 2 aromatic carbocycles. The molecule has 3 aromatic rings. The average molecular weight is 369 g/mol. The molecule has 4 rings (SSSR count). The summed E-state index contributed by atoms with van der Waals surface area (Å²) in [5.74, 6) is -0.0265. The topological polar surface area (TPSA) is 36.4 Å². The average Bonchev–Trinajstić information content (AvgIpc) is 3.10. The van der Waals surface area contributed by atoms with Gasteiger partial charge in [0.05, 0.1) is 10.2 Å². The summed E-state index contributed by atoms with van der Waals surface area (Å²) in [5, 5.41) is 0.905. The number of fused-ring (bicyclic) bond motifs is 1. The zero-order valence-electron chi connectivity index (χ0n) is 14.4. The molecule has 0 bridgehead atoms. The van der Waals surface area contributed by atoms with Crippen molar-refractivity contribution in [2.45, 2.75) is 12.8 Å². The van der Waals surface area contributed by atoms with Crippen LogP contribution in [0.15, 0.2) is 48.5 Å². The van der Waals surface area contributed by atoms with Gasteiger partial charge in [0.2, 0.25) is 5.91 Å². The smallest absolute Gasteiger partial charge is 0.223 e. The third kappa shape index (κ3) is 3.70. The standard InChI is InChI=1S/C20H20FN3OS/c21-16-7-8-17-18(14-16)26-20(22-17)24-12-10-23(11-13-24)19(25)9-6-15-4-2-1-3-5-15/h1-5,7-8,14H,6,9-13H2. The Morgan fingerprint density at radius 3 is 2.62 bits per heavy atom. The minimum Gasteiger partial charge on any atom is -0.345 e. The van der Waals surface area contributed by atoms with Crippen molar-refractivity contribution in [2.24, 2.45) is 0 Å². The molecular formula is C20H20FN3OS. The van der Waals surface area contributed by atoms with Gasteiger partial charge in [0.25, 0.3) is 0 Å². The van der Waals surface area contributed by atoms with Crippen LogP contribution in [0, 0.1) is 5.82 Å². The number of nitrogens with zero attached hydrogens (tertiary/aromatic N) is 3. The predicted molar refractivity (Wildman–Crippen MR) is 103 cm³/mol. The Balaban J connectivity index is 1.33. The van der Waals surface area contributed by atoms with Crippen LogP contribution in [-0.4, -0.2) is 42.0 Å². The number of carbonyl (C=O) groups is 1. The van der Waals surface area contributed by atoms with E-state index < -0.39 is 0 Å². The van der Waals surface area contributed by atoms with Crippen molar-refractivity contribution < 1.29 is 9.18 Å². The molecule has 0 aliphatic carbocycles. The largest absolute Gasteiger partial charge is 0.345 e. The first kappa shape index (κ1) is 17.0. The van der Waals surface area contributed by atoms with E-state index in [1.165, 1.54) is 29.0 Å². The molecule has 0 unspecified atom stereocenters. The van der Waals surface area contributed by atoms with Gasteiger partial charge in [-0.3, -0.25) is 4.79 Å². The van der Waals surface area contributed by atoms with Gasteiger partial charge < -0.3 is 9.80 Å². The molecule has 1 saturated heterocycles. The van der Waals surface area contributed by atoms with Crippen molar-refractivity contribution >= 4 is 32.6 Å². The first-order valence-electron chi connectivity index (χ1n) is 8.82. The van der Waals surface area contributed by atoms with Gasteiger partial charge in [-0.2, -0.15) is 0 Å². The van der Waals surface area contributed by atoms with Gasteiger partial charge in [-0.15, -0.1) is 0 Å². The number of carbonyl (C=O) groups excluding carboxylic acids is 1. The first-order valence-corrected chi connectivity index (χ1v) is 9.63. The summed E-state index contributed by atoms with van der Waals surface area (Å²) >= 11 is 1.51. The zero-order valence-corrected chi connectivity index (χ0v) is 15.2. The fourth-order valence-electron chi connectivity index (χ4n) is 3.22. The second-order valence-electron chi connectivity index (χ2n) is 6.46. The lowest BCUT2D eigenvalue weighted by Crippen LogP contribution is -2.48. The molecule has 0 atom stereocenters. The summed E-state index contributed by atoms with van der Waals surface area (Å²) in [7, 11) is 0. The lowest BCUT2D eigenvalue weighted by atomic mass is 10.1. The van der Waals surface area contributed by atoms with Crippen LogP contribution >= 0.6 is 11.3 Å². The molecule has 1 aliphatic heterocycles. The second-order valence-corrected chi connectivity index (χ2v) is 7.47. The Morgan fingerprint density at radius 2 is 1.85 bits per heavy atom. The van der Waals surface area contributed by atoms with E-state index in [-0.39, 0.29) is 11.7 Å². The van der Waals surface area contributed by atoms with E-state index in [1.807, 2.05) is 23.1 Å². The number of hydrogen-bond donors (Lipinski definition) is 0. The third-order valence-electron chi connectivity index (χ3n) is 4.71. The van der Waals surface area contributed by atoms with E-state index in [0.29, 0.717) is 19.5 Å². The molecule has 134 valence electrons. The Hall–Kier alpha value is -2.47. The molecule has 1 fully saturated rings. The summed E-state index contributed by atoms with van der Waals surface area (Å²) in [5.41, 5.74) is 2.02. The number of amides is 1. The van der Waals surface area contributed by atoms with Gasteiger partial charge >= 0.3 is 0 Å². The quantitative estimate of drug-likeness (QED) is 0.703. The number of piperazine rings is 1. The lowest BCUT2D eigenvalue weighted by molar-refractivity contribution is -0.131. The molecule has 26 heavy (non-hydrogen) atoms. The summed E-state index contributed by atoms with van der Waals surface area (Å²) < 4.78 is 14.2. The maximum Gasteiger partial charge on any atom is 0.223 e. The fourth-order valence-corrected chi connectivity index (χ4v) is 4.26. The van der Waals surface area contributed by atoms with Crippen LogP contribution in [0.5, 0.6) is 0 Å². The van der Waals surface area contributed by atoms with Crippen LogP contribution in [0.2, 0.25) is 0 Å². The minimum atomic E-state index is -0.235.